The van der Waals surface area contributed by atoms with Crippen molar-refractivity contribution in [3.8, 4) is 5.69 Å². The molecule has 2 heterocycles. The fraction of sp³-hybridized carbons (Fsp3) is 0.375. The molecule has 116 valence electrons. The summed E-state index contributed by atoms with van der Waals surface area (Å²) in [5, 5.41) is 7.46. The number of halogens is 1. The number of aromatic nitrogens is 2. The Morgan fingerprint density at radius 3 is 2.86 bits per heavy atom. The van der Waals surface area contributed by atoms with Gasteiger partial charge in [-0.2, -0.15) is 5.10 Å². The highest BCUT2D eigenvalue weighted by Crippen LogP contribution is 2.18. The van der Waals surface area contributed by atoms with Crippen molar-refractivity contribution in [1.29, 1.82) is 0 Å². The first-order valence-electron chi connectivity index (χ1n) is 7.43. The molecule has 6 heteroatoms. The molecule has 1 amide bonds. The lowest BCUT2D eigenvalue weighted by Crippen LogP contribution is -2.30. The molecule has 1 fully saturated rings. The molecule has 1 saturated heterocycles. The number of hydrogen-bond donors (Lipinski definition) is 1. The Balaban J connectivity index is 1.71. The highest BCUT2D eigenvalue weighted by molar-refractivity contribution is 5.92. The predicted molar refractivity (Wildman–Crippen MR) is 81.5 cm³/mol. The van der Waals surface area contributed by atoms with E-state index in [0.29, 0.717) is 11.6 Å². The molecule has 1 unspecified atom stereocenters. The Hall–Kier alpha value is -2.21. The molecule has 2 aromatic rings. The van der Waals surface area contributed by atoms with Gasteiger partial charge in [0.2, 0.25) is 0 Å². The Bertz CT molecular complexity index is 652. The van der Waals surface area contributed by atoms with Crippen LogP contribution < -0.4 is 5.32 Å². The summed E-state index contributed by atoms with van der Waals surface area (Å²) >= 11 is 0. The highest BCUT2D eigenvalue weighted by Gasteiger charge is 2.27. The van der Waals surface area contributed by atoms with Crippen LogP contribution in [-0.2, 0) is 0 Å². The molecule has 3 rings (SSSR count). The molecule has 1 aliphatic heterocycles. The van der Waals surface area contributed by atoms with Gasteiger partial charge < -0.3 is 10.2 Å². The zero-order valence-electron chi connectivity index (χ0n) is 12.5. The monoisotopic (exact) mass is 302 g/mol. The first-order chi connectivity index (χ1) is 10.7. The van der Waals surface area contributed by atoms with E-state index in [1.54, 1.807) is 29.1 Å². The van der Waals surface area contributed by atoms with E-state index in [-0.39, 0.29) is 11.7 Å². The summed E-state index contributed by atoms with van der Waals surface area (Å²) in [4.78, 5) is 14.3. The van der Waals surface area contributed by atoms with Crippen molar-refractivity contribution in [2.24, 2.45) is 5.92 Å². The third-order valence-electron chi connectivity index (χ3n) is 3.97. The van der Waals surface area contributed by atoms with Gasteiger partial charge >= 0.3 is 0 Å². The molecule has 1 aromatic heterocycles. The molecule has 0 saturated carbocycles. The quantitative estimate of drug-likeness (QED) is 0.935. The van der Waals surface area contributed by atoms with E-state index in [4.69, 9.17) is 0 Å². The van der Waals surface area contributed by atoms with Crippen LogP contribution in [0.2, 0.25) is 0 Å². The minimum atomic E-state index is -0.292. The number of nitrogens with zero attached hydrogens (tertiary/aromatic N) is 3. The first kappa shape index (κ1) is 14.7. The van der Waals surface area contributed by atoms with Crippen LogP contribution in [0, 0.1) is 11.7 Å². The lowest BCUT2D eigenvalue weighted by molar-refractivity contribution is 0.0781. The van der Waals surface area contributed by atoms with Crippen LogP contribution in [0.1, 0.15) is 16.9 Å². The molecule has 0 bridgehead atoms. The summed E-state index contributed by atoms with van der Waals surface area (Å²) in [5.74, 6) is 0.174. The smallest absolute Gasteiger partial charge is 0.274 e. The Morgan fingerprint density at radius 2 is 2.14 bits per heavy atom. The summed E-state index contributed by atoms with van der Waals surface area (Å²) in [7, 11) is 1.93. The van der Waals surface area contributed by atoms with Gasteiger partial charge in [0.25, 0.3) is 5.91 Å². The van der Waals surface area contributed by atoms with E-state index < -0.39 is 0 Å². The molecule has 1 atom stereocenters. The third-order valence-corrected chi connectivity index (χ3v) is 3.97. The zero-order chi connectivity index (χ0) is 15.5. The summed E-state index contributed by atoms with van der Waals surface area (Å²) in [5.41, 5.74) is 1.16. The van der Waals surface area contributed by atoms with Crippen molar-refractivity contribution in [3.05, 3.63) is 48.0 Å². The lowest BCUT2D eigenvalue weighted by Gasteiger charge is -2.15. The molecular weight excluding hydrogens is 283 g/mol. The normalized spacial score (nSPS) is 17.9. The number of likely N-dealkylation sites (tertiary alicyclic amines) is 1. The number of hydrogen-bond acceptors (Lipinski definition) is 3. The van der Waals surface area contributed by atoms with Crippen molar-refractivity contribution >= 4 is 5.91 Å². The molecule has 0 aliphatic carbocycles. The second-order valence-corrected chi connectivity index (χ2v) is 5.59. The van der Waals surface area contributed by atoms with E-state index in [0.717, 1.165) is 31.7 Å². The number of benzene rings is 1. The van der Waals surface area contributed by atoms with Crippen LogP contribution >= 0.6 is 0 Å². The van der Waals surface area contributed by atoms with Crippen LogP contribution in [0.3, 0.4) is 0 Å². The van der Waals surface area contributed by atoms with Gasteiger partial charge in [-0.3, -0.25) is 4.79 Å². The molecule has 0 radical (unpaired) electrons. The van der Waals surface area contributed by atoms with Crippen molar-refractivity contribution in [3.63, 3.8) is 0 Å². The molecule has 1 aromatic carbocycles. The number of nitrogens with one attached hydrogen (secondary N) is 1. The topological polar surface area (TPSA) is 50.2 Å². The Labute approximate surface area is 128 Å². The first-order valence-corrected chi connectivity index (χ1v) is 7.43. The number of carbonyl (C=O) groups is 1. The van der Waals surface area contributed by atoms with E-state index in [1.807, 2.05) is 11.9 Å². The minimum Gasteiger partial charge on any atom is -0.337 e. The maximum atomic E-state index is 12.9. The summed E-state index contributed by atoms with van der Waals surface area (Å²) in [6, 6.07) is 7.73. The van der Waals surface area contributed by atoms with E-state index >= 15 is 0 Å². The number of amides is 1. The zero-order valence-corrected chi connectivity index (χ0v) is 12.5. The summed E-state index contributed by atoms with van der Waals surface area (Å²) < 4.78 is 14.5. The second-order valence-electron chi connectivity index (χ2n) is 5.59. The van der Waals surface area contributed by atoms with Crippen molar-refractivity contribution < 1.29 is 9.18 Å². The van der Waals surface area contributed by atoms with E-state index in [1.165, 1.54) is 12.1 Å². The SMILES string of the molecule is CNCC1CCN(C(=O)c2ccn(-c3ccc(F)cc3)n2)C1. The average molecular weight is 302 g/mol. The lowest BCUT2D eigenvalue weighted by atomic mass is 10.1. The molecular formula is C16H19FN4O. The van der Waals surface area contributed by atoms with E-state index in [9.17, 15) is 9.18 Å². The van der Waals surface area contributed by atoms with Crippen molar-refractivity contribution in [2.75, 3.05) is 26.7 Å². The fourth-order valence-electron chi connectivity index (χ4n) is 2.81. The third kappa shape index (κ3) is 3.01. The van der Waals surface area contributed by atoms with Gasteiger partial charge in [0.15, 0.2) is 5.69 Å². The Kier molecular flexibility index (Phi) is 4.20. The van der Waals surface area contributed by atoms with Crippen molar-refractivity contribution in [2.45, 2.75) is 6.42 Å². The fourth-order valence-corrected chi connectivity index (χ4v) is 2.81. The van der Waals surface area contributed by atoms with Crippen LogP contribution in [0.25, 0.3) is 5.69 Å². The predicted octanol–water partition coefficient (Wildman–Crippen LogP) is 1.69. The maximum Gasteiger partial charge on any atom is 0.274 e. The number of rotatable bonds is 4. The highest BCUT2D eigenvalue weighted by atomic mass is 19.1. The van der Waals surface area contributed by atoms with Gasteiger partial charge in [0, 0.05) is 19.3 Å². The Morgan fingerprint density at radius 1 is 1.36 bits per heavy atom. The molecule has 5 nitrogen and oxygen atoms in total. The van der Waals surface area contributed by atoms with Gasteiger partial charge in [0.1, 0.15) is 5.82 Å². The summed E-state index contributed by atoms with van der Waals surface area (Å²) in [6.07, 6.45) is 2.74. The second kappa shape index (κ2) is 6.27. The molecule has 1 N–H and O–H groups in total. The van der Waals surface area contributed by atoms with E-state index in [2.05, 4.69) is 10.4 Å². The number of carbonyl (C=O) groups excluding carboxylic acids is 1. The van der Waals surface area contributed by atoms with Gasteiger partial charge in [-0.1, -0.05) is 0 Å². The van der Waals surface area contributed by atoms with Gasteiger partial charge in [-0.05, 0) is 56.3 Å². The van der Waals surface area contributed by atoms with Crippen LogP contribution in [0.4, 0.5) is 4.39 Å². The summed E-state index contributed by atoms with van der Waals surface area (Å²) in [6.45, 7) is 2.46. The largest absolute Gasteiger partial charge is 0.337 e. The van der Waals surface area contributed by atoms with Crippen LogP contribution in [0.15, 0.2) is 36.5 Å². The van der Waals surface area contributed by atoms with Crippen LogP contribution in [0.5, 0.6) is 0 Å². The van der Waals surface area contributed by atoms with Gasteiger partial charge in [-0.25, -0.2) is 9.07 Å². The molecule has 0 spiro atoms. The molecule has 22 heavy (non-hydrogen) atoms. The average Bonchev–Trinajstić information content (AvgIpc) is 3.17. The van der Waals surface area contributed by atoms with Gasteiger partial charge in [-0.15, -0.1) is 0 Å². The standard InChI is InChI=1S/C16H19FN4O/c1-18-10-12-6-8-20(11-12)16(22)15-7-9-21(19-15)14-4-2-13(17)3-5-14/h2-5,7,9,12,18H,6,8,10-11H2,1H3. The molecule has 1 aliphatic rings. The minimum absolute atomic E-state index is 0.0422. The van der Waals surface area contributed by atoms with Crippen LogP contribution in [-0.4, -0.2) is 47.3 Å². The van der Waals surface area contributed by atoms with Gasteiger partial charge in [0.05, 0.1) is 5.69 Å². The maximum absolute atomic E-state index is 12.9. The van der Waals surface area contributed by atoms with Crippen molar-refractivity contribution in [1.82, 2.24) is 20.0 Å².